The Morgan fingerprint density at radius 3 is 2.82 bits per heavy atom. The Morgan fingerprint density at radius 1 is 1.53 bits per heavy atom. The van der Waals surface area contributed by atoms with Crippen LogP contribution in [-0.4, -0.2) is 42.5 Å². The number of aliphatic hydroxyl groups excluding tert-OH is 1. The van der Waals surface area contributed by atoms with E-state index in [2.05, 4.69) is 10.6 Å². The van der Waals surface area contributed by atoms with Gasteiger partial charge in [-0.25, -0.2) is 4.79 Å². The van der Waals surface area contributed by atoms with Crippen LogP contribution in [-0.2, 0) is 4.74 Å². The molecule has 1 fully saturated rings. The largest absolute Gasteiger partial charge is 0.396 e. The van der Waals surface area contributed by atoms with Gasteiger partial charge < -0.3 is 20.5 Å². The number of rotatable bonds is 6. The van der Waals surface area contributed by atoms with Gasteiger partial charge >= 0.3 is 6.03 Å². The first-order valence-corrected chi connectivity index (χ1v) is 6.46. The monoisotopic (exact) mass is 244 g/mol. The van der Waals surface area contributed by atoms with Gasteiger partial charge in [0.2, 0.25) is 0 Å². The average Bonchev–Trinajstić information content (AvgIpc) is 2.81. The second-order valence-corrected chi connectivity index (χ2v) is 4.58. The fourth-order valence-electron chi connectivity index (χ4n) is 2.06. The predicted molar refractivity (Wildman–Crippen MR) is 65.9 cm³/mol. The van der Waals surface area contributed by atoms with Gasteiger partial charge in [-0.3, -0.25) is 0 Å². The van der Waals surface area contributed by atoms with Crippen LogP contribution in [0.2, 0.25) is 0 Å². The van der Waals surface area contributed by atoms with E-state index in [9.17, 15) is 4.79 Å². The van der Waals surface area contributed by atoms with Crippen molar-refractivity contribution in [3.63, 3.8) is 0 Å². The lowest BCUT2D eigenvalue weighted by Gasteiger charge is -2.22. The van der Waals surface area contributed by atoms with Crippen LogP contribution in [0.3, 0.4) is 0 Å². The number of urea groups is 1. The van der Waals surface area contributed by atoms with E-state index in [4.69, 9.17) is 9.84 Å². The Balaban J connectivity index is 2.27. The highest BCUT2D eigenvalue weighted by atomic mass is 16.5. The van der Waals surface area contributed by atoms with Crippen LogP contribution in [0, 0.1) is 0 Å². The molecule has 5 heteroatoms. The molecule has 0 radical (unpaired) electrons. The maximum absolute atomic E-state index is 11.7. The first-order valence-electron chi connectivity index (χ1n) is 6.46. The summed E-state index contributed by atoms with van der Waals surface area (Å²) in [7, 11) is 0. The minimum Gasteiger partial charge on any atom is -0.396 e. The molecular formula is C12H24N2O3. The molecule has 3 atom stereocenters. The molecule has 0 aromatic carbocycles. The molecule has 1 aliphatic rings. The van der Waals surface area contributed by atoms with E-state index in [1.807, 2.05) is 13.8 Å². The Hall–Kier alpha value is -0.810. The molecule has 0 aromatic heterocycles. The molecule has 0 aliphatic carbocycles. The molecule has 3 N–H and O–H groups in total. The van der Waals surface area contributed by atoms with Crippen LogP contribution in [0.25, 0.3) is 0 Å². The maximum atomic E-state index is 11.7. The minimum absolute atomic E-state index is 0.0316. The molecule has 0 bridgehead atoms. The van der Waals surface area contributed by atoms with Gasteiger partial charge in [0.1, 0.15) is 0 Å². The zero-order chi connectivity index (χ0) is 12.7. The summed E-state index contributed by atoms with van der Waals surface area (Å²) in [6.45, 7) is 4.84. The molecular weight excluding hydrogens is 220 g/mol. The summed E-state index contributed by atoms with van der Waals surface area (Å²) >= 11 is 0. The first kappa shape index (κ1) is 14.3. The van der Waals surface area contributed by atoms with E-state index >= 15 is 0 Å². The van der Waals surface area contributed by atoms with Crippen molar-refractivity contribution >= 4 is 6.03 Å². The number of aliphatic hydroxyl groups is 1. The normalized spacial score (nSPS) is 23.1. The molecule has 3 unspecified atom stereocenters. The highest BCUT2D eigenvalue weighted by molar-refractivity contribution is 5.74. The molecule has 0 spiro atoms. The van der Waals surface area contributed by atoms with E-state index in [1.165, 1.54) is 0 Å². The van der Waals surface area contributed by atoms with Crippen molar-refractivity contribution in [1.82, 2.24) is 10.6 Å². The average molecular weight is 244 g/mol. The standard InChI is InChI=1S/C12H24N2O3/c1-3-10(6-7-15)14-12(16)13-9(2)11-5-4-8-17-11/h9-11,15H,3-8H2,1-2H3,(H2,13,14,16). The zero-order valence-electron chi connectivity index (χ0n) is 10.7. The number of carbonyl (C=O) groups excluding carboxylic acids is 1. The van der Waals surface area contributed by atoms with Crippen molar-refractivity contribution in [3.05, 3.63) is 0 Å². The molecule has 0 saturated carbocycles. The lowest BCUT2D eigenvalue weighted by molar-refractivity contribution is 0.0857. The van der Waals surface area contributed by atoms with Gasteiger partial charge in [-0.2, -0.15) is 0 Å². The van der Waals surface area contributed by atoms with E-state index in [1.54, 1.807) is 0 Å². The Bertz CT molecular complexity index is 230. The van der Waals surface area contributed by atoms with Crippen LogP contribution >= 0.6 is 0 Å². The number of ether oxygens (including phenoxy) is 1. The zero-order valence-corrected chi connectivity index (χ0v) is 10.7. The topological polar surface area (TPSA) is 70.6 Å². The SMILES string of the molecule is CCC(CCO)NC(=O)NC(C)C1CCCO1. The quantitative estimate of drug-likeness (QED) is 0.653. The van der Waals surface area contributed by atoms with Crippen LogP contribution in [0.5, 0.6) is 0 Å². The van der Waals surface area contributed by atoms with E-state index in [0.29, 0.717) is 6.42 Å². The molecule has 17 heavy (non-hydrogen) atoms. The van der Waals surface area contributed by atoms with E-state index in [-0.39, 0.29) is 30.8 Å². The number of amides is 2. The third-order valence-corrected chi connectivity index (χ3v) is 3.19. The molecule has 2 amide bonds. The summed E-state index contributed by atoms with van der Waals surface area (Å²) in [6, 6.07) is -0.103. The van der Waals surface area contributed by atoms with Crippen LogP contribution in [0.15, 0.2) is 0 Å². The van der Waals surface area contributed by atoms with Crippen LogP contribution in [0.1, 0.15) is 39.5 Å². The highest BCUT2D eigenvalue weighted by Crippen LogP contribution is 2.15. The number of hydrogen-bond donors (Lipinski definition) is 3. The second-order valence-electron chi connectivity index (χ2n) is 4.58. The smallest absolute Gasteiger partial charge is 0.315 e. The van der Waals surface area contributed by atoms with Gasteiger partial charge in [-0.05, 0) is 32.6 Å². The summed E-state index contributed by atoms with van der Waals surface area (Å²) < 4.78 is 5.51. The Kier molecular flexibility index (Phi) is 6.29. The molecule has 1 rings (SSSR count). The van der Waals surface area contributed by atoms with Gasteiger partial charge in [0.05, 0.1) is 12.1 Å². The Labute approximate surface area is 103 Å². The molecule has 1 saturated heterocycles. The van der Waals surface area contributed by atoms with Crippen molar-refractivity contribution in [2.45, 2.75) is 57.7 Å². The van der Waals surface area contributed by atoms with Gasteiger partial charge in [0, 0.05) is 19.3 Å². The van der Waals surface area contributed by atoms with Gasteiger partial charge in [0.25, 0.3) is 0 Å². The third kappa shape index (κ3) is 4.91. The number of nitrogens with one attached hydrogen (secondary N) is 2. The summed E-state index contributed by atoms with van der Waals surface area (Å²) in [5.41, 5.74) is 0. The number of hydrogen-bond acceptors (Lipinski definition) is 3. The third-order valence-electron chi connectivity index (χ3n) is 3.19. The summed E-state index contributed by atoms with van der Waals surface area (Å²) in [5, 5.41) is 14.6. The second kappa shape index (κ2) is 7.50. The molecule has 1 aliphatic heterocycles. The maximum Gasteiger partial charge on any atom is 0.315 e. The lowest BCUT2D eigenvalue weighted by atomic mass is 10.1. The summed E-state index contributed by atoms with van der Waals surface area (Å²) in [4.78, 5) is 11.7. The Morgan fingerprint density at radius 2 is 2.29 bits per heavy atom. The van der Waals surface area contributed by atoms with E-state index in [0.717, 1.165) is 25.9 Å². The fraction of sp³-hybridized carbons (Fsp3) is 0.917. The first-order chi connectivity index (χ1) is 8.17. The van der Waals surface area contributed by atoms with Crippen molar-refractivity contribution in [2.24, 2.45) is 0 Å². The van der Waals surface area contributed by atoms with Crippen molar-refractivity contribution in [1.29, 1.82) is 0 Å². The summed E-state index contributed by atoms with van der Waals surface area (Å²) in [5.74, 6) is 0. The van der Waals surface area contributed by atoms with Crippen LogP contribution in [0.4, 0.5) is 4.79 Å². The van der Waals surface area contributed by atoms with Crippen molar-refractivity contribution in [3.8, 4) is 0 Å². The van der Waals surface area contributed by atoms with Gasteiger partial charge in [-0.15, -0.1) is 0 Å². The van der Waals surface area contributed by atoms with Crippen molar-refractivity contribution in [2.75, 3.05) is 13.2 Å². The number of carbonyl (C=O) groups is 1. The molecule has 1 heterocycles. The highest BCUT2D eigenvalue weighted by Gasteiger charge is 2.23. The molecule has 0 aromatic rings. The van der Waals surface area contributed by atoms with Gasteiger partial charge in [-0.1, -0.05) is 6.92 Å². The minimum atomic E-state index is -0.173. The van der Waals surface area contributed by atoms with Gasteiger partial charge in [0.15, 0.2) is 0 Å². The molecule has 5 nitrogen and oxygen atoms in total. The summed E-state index contributed by atoms with van der Waals surface area (Å²) in [6.07, 6.45) is 3.63. The van der Waals surface area contributed by atoms with Crippen molar-refractivity contribution < 1.29 is 14.6 Å². The predicted octanol–water partition coefficient (Wildman–Crippen LogP) is 1.01. The molecule has 100 valence electrons. The van der Waals surface area contributed by atoms with E-state index < -0.39 is 0 Å². The fourth-order valence-corrected chi connectivity index (χ4v) is 2.06. The van der Waals surface area contributed by atoms with Crippen LogP contribution < -0.4 is 10.6 Å². The lowest BCUT2D eigenvalue weighted by Crippen LogP contribution is -2.49.